The largest absolute Gasteiger partial charge is 0.481 e. The molecule has 6 nitrogen and oxygen atoms in total. The van der Waals surface area contributed by atoms with Gasteiger partial charge in [-0.15, -0.1) is 0 Å². The molecule has 0 atom stereocenters. The first-order valence-electron chi connectivity index (χ1n) is 4.58. The third kappa shape index (κ3) is 1.70. The second kappa shape index (κ2) is 3.38. The van der Waals surface area contributed by atoms with Crippen molar-refractivity contribution >= 4 is 11.9 Å². The van der Waals surface area contributed by atoms with Crippen molar-refractivity contribution in [3.63, 3.8) is 0 Å². The van der Waals surface area contributed by atoms with Crippen molar-refractivity contribution in [1.82, 2.24) is 9.97 Å². The van der Waals surface area contributed by atoms with Gasteiger partial charge in [-0.05, 0) is 18.8 Å². The summed E-state index contributed by atoms with van der Waals surface area (Å²) in [6, 6.07) is 0. The summed E-state index contributed by atoms with van der Waals surface area (Å²) in [5, 5.41) is 8.99. The number of ether oxygens (including phenoxy) is 1. The molecule has 1 aliphatic rings. The number of aromatic nitrogens is 2. The van der Waals surface area contributed by atoms with Crippen LogP contribution in [0.25, 0.3) is 0 Å². The molecule has 0 aromatic carbocycles. The summed E-state index contributed by atoms with van der Waals surface area (Å²) in [5.41, 5.74) is 5.93. The first-order chi connectivity index (χ1) is 7.13. The summed E-state index contributed by atoms with van der Waals surface area (Å²) >= 11 is 0. The molecule has 1 aliphatic carbocycles. The Morgan fingerprint density at radius 3 is 2.67 bits per heavy atom. The number of nitrogens with zero attached hydrogens (tertiary/aromatic N) is 2. The standard InChI is InChI=1S/C9H11N3O3/c1-15-7-5(4-2-3-4)6(8(13)14)11-9(10)12-7/h4H,2-3H2,1H3,(H,13,14)(H2,10,11,12). The van der Waals surface area contributed by atoms with Gasteiger partial charge in [-0.1, -0.05) is 0 Å². The molecule has 0 radical (unpaired) electrons. The van der Waals surface area contributed by atoms with Crippen molar-refractivity contribution in [2.45, 2.75) is 18.8 Å². The molecular formula is C9H11N3O3. The molecule has 0 bridgehead atoms. The second-order valence-electron chi connectivity index (χ2n) is 3.43. The second-order valence-corrected chi connectivity index (χ2v) is 3.43. The van der Waals surface area contributed by atoms with Crippen LogP contribution < -0.4 is 10.5 Å². The fourth-order valence-electron chi connectivity index (χ4n) is 1.52. The van der Waals surface area contributed by atoms with Crippen LogP contribution in [0.3, 0.4) is 0 Å². The molecule has 0 saturated heterocycles. The van der Waals surface area contributed by atoms with Crippen LogP contribution in [0.1, 0.15) is 34.8 Å². The van der Waals surface area contributed by atoms with Gasteiger partial charge in [0.1, 0.15) is 0 Å². The number of rotatable bonds is 3. The van der Waals surface area contributed by atoms with Gasteiger partial charge < -0.3 is 15.6 Å². The van der Waals surface area contributed by atoms with E-state index in [2.05, 4.69) is 9.97 Å². The van der Waals surface area contributed by atoms with E-state index in [9.17, 15) is 4.79 Å². The first-order valence-corrected chi connectivity index (χ1v) is 4.58. The lowest BCUT2D eigenvalue weighted by Gasteiger charge is -2.09. The van der Waals surface area contributed by atoms with Crippen LogP contribution in [-0.4, -0.2) is 28.2 Å². The van der Waals surface area contributed by atoms with Crippen molar-refractivity contribution in [2.24, 2.45) is 0 Å². The van der Waals surface area contributed by atoms with E-state index in [-0.39, 0.29) is 23.4 Å². The normalized spacial score (nSPS) is 15.0. The number of nitrogen functional groups attached to an aromatic ring is 1. The van der Waals surface area contributed by atoms with Gasteiger partial charge in [0.15, 0.2) is 5.69 Å². The lowest BCUT2D eigenvalue weighted by Crippen LogP contribution is -2.11. The van der Waals surface area contributed by atoms with Crippen LogP contribution >= 0.6 is 0 Å². The summed E-state index contributed by atoms with van der Waals surface area (Å²) in [4.78, 5) is 18.6. The minimum Gasteiger partial charge on any atom is -0.481 e. The third-order valence-electron chi connectivity index (χ3n) is 2.31. The maximum absolute atomic E-state index is 11.0. The quantitative estimate of drug-likeness (QED) is 0.758. The molecule has 0 amide bonds. The molecule has 1 aromatic heterocycles. The van der Waals surface area contributed by atoms with Crippen molar-refractivity contribution < 1.29 is 14.6 Å². The highest BCUT2D eigenvalue weighted by Crippen LogP contribution is 2.45. The lowest BCUT2D eigenvalue weighted by atomic mass is 10.1. The number of anilines is 1. The minimum atomic E-state index is -1.09. The van der Waals surface area contributed by atoms with E-state index < -0.39 is 5.97 Å². The number of carbonyl (C=O) groups is 1. The van der Waals surface area contributed by atoms with Crippen LogP contribution in [0, 0.1) is 0 Å². The van der Waals surface area contributed by atoms with E-state index in [0.717, 1.165) is 12.8 Å². The Kier molecular flexibility index (Phi) is 2.18. The Bertz CT molecular complexity index is 415. The van der Waals surface area contributed by atoms with Gasteiger partial charge in [0.05, 0.1) is 12.7 Å². The fourth-order valence-corrected chi connectivity index (χ4v) is 1.52. The van der Waals surface area contributed by atoms with E-state index in [0.29, 0.717) is 5.56 Å². The topological polar surface area (TPSA) is 98.3 Å². The highest BCUT2D eigenvalue weighted by molar-refractivity contribution is 5.88. The van der Waals surface area contributed by atoms with E-state index in [1.807, 2.05) is 0 Å². The van der Waals surface area contributed by atoms with E-state index in [1.165, 1.54) is 7.11 Å². The maximum atomic E-state index is 11.0. The molecule has 80 valence electrons. The van der Waals surface area contributed by atoms with E-state index >= 15 is 0 Å². The molecule has 2 rings (SSSR count). The average Bonchev–Trinajstić information content (AvgIpc) is 2.99. The number of methoxy groups -OCH3 is 1. The smallest absolute Gasteiger partial charge is 0.355 e. The molecule has 1 fully saturated rings. The Hall–Kier alpha value is -1.85. The summed E-state index contributed by atoms with van der Waals surface area (Å²) < 4.78 is 5.02. The molecular weight excluding hydrogens is 198 g/mol. The molecule has 1 heterocycles. The van der Waals surface area contributed by atoms with Gasteiger partial charge in [0.2, 0.25) is 11.8 Å². The minimum absolute atomic E-state index is 0.0400. The summed E-state index contributed by atoms with van der Waals surface area (Å²) in [7, 11) is 1.44. The van der Waals surface area contributed by atoms with Gasteiger partial charge in [-0.2, -0.15) is 4.98 Å². The first kappa shape index (κ1) is 9.70. The molecule has 1 saturated carbocycles. The monoisotopic (exact) mass is 209 g/mol. The van der Waals surface area contributed by atoms with Gasteiger partial charge in [-0.3, -0.25) is 0 Å². The van der Waals surface area contributed by atoms with Crippen molar-refractivity contribution in [3.05, 3.63) is 11.3 Å². The van der Waals surface area contributed by atoms with Crippen molar-refractivity contribution in [1.29, 1.82) is 0 Å². The fraction of sp³-hybridized carbons (Fsp3) is 0.444. The van der Waals surface area contributed by atoms with Gasteiger partial charge >= 0.3 is 5.97 Å². The third-order valence-corrected chi connectivity index (χ3v) is 2.31. The van der Waals surface area contributed by atoms with Crippen LogP contribution in [0.4, 0.5) is 5.95 Å². The number of carboxylic acid groups (broad SMARTS) is 1. The van der Waals surface area contributed by atoms with E-state index in [1.54, 1.807) is 0 Å². The van der Waals surface area contributed by atoms with Gasteiger partial charge in [-0.25, -0.2) is 9.78 Å². The number of aromatic carboxylic acids is 1. The van der Waals surface area contributed by atoms with Crippen molar-refractivity contribution in [2.75, 3.05) is 12.8 Å². The SMILES string of the molecule is COc1nc(N)nc(C(=O)O)c1C1CC1. The molecule has 3 N–H and O–H groups in total. The molecule has 1 aromatic rings. The van der Waals surface area contributed by atoms with Crippen LogP contribution in [-0.2, 0) is 0 Å². The Morgan fingerprint density at radius 2 is 2.20 bits per heavy atom. The number of nitrogens with two attached hydrogens (primary N) is 1. The molecule has 0 aliphatic heterocycles. The van der Waals surface area contributed by atoms with Gasteiger partial charge in [0, 0.05) is 0 Å². The Labute approximate surface area is 86.1 Å². The van der Waals surface area contributed by atoms with Gasteiger partial charge in [0.25, 0.3) is 0 Å². The zero-order chi connectivity index (χ0) is 11.0. The maximum Gasteiger partial charge on any atom is 0.355 e. The van der Waals surface area contributed by atoms with E-state index in [4.69, 9.17) is 15.6 Å². The predicted molar refractivity (Wildman–Crippen MR) is 51.9 cm³/mol. The molecule has 6 heteroatoms. The Balaban J connectivity index is 2.59. The number of hydrogen-bond donors (Lipinski definition) is 2. The highest BCUT2D eigenvalue weighted by Gasteiger charge is 2.33. The Morgan fingerprint density at radius 1 is 1.53 bits per heavy atom. The summed E-state index contributed by atoms with van der Waals surface area (Å²) in [6.07, 6.45) is 1.90. The van der Waals surface area contributed by atoms with Crippen LogP contribution in [0.2, 0.25) is 0 Å². The van der Waals surface area contributed by atoms with Crippen LogP contribution in [0.5, 0.6) is 5.88 Å². The summed E-state index contributed by atoms with van der Waals surface area (Å²) in [5.74, 6) is -0.688. The van der Waals surface area contributed by atoms with Crippen LogP contribution in [0.15, 0.2) is 0 Å². The highest BCUT2D eigenvalue weighted by atomic mass is 16.5. The zero-order valence-corrected chi connectivity index (χ0v) is 8.23. The predicted octanol–water partition coefficient (Wildman–Crippen LogP) is 0.643. The molecule has 0 unspecified atom stereocenters. The number of hydrogen-bond acceptors (Lipinski definition) is 5. The summed E-state index contributed by atoms with van der Waals surface area (Å²) in [6.45, 7) is 0. The zero-order valence-electron chi connectivity index (χ0n) is 8.23. The average molecular weight is 209 g/mol. The lowest BCUT2D eigenvalue weighted by molar-refractivity contribution is 0.0688. The van der Waals surface area contributed by atoms with Crippen molar-refractivity contribution in [3.8, 4) is 5.88 Å². The molecule has 15 heavy (non-hydrogen) atoms. The number of carboxylic acids is 1. The molecule has 0 spiro atoms.